The van der Waals surface area contributed by atoms with Crippen LogP contribution in [-0.2, 0) is 16.6 Å². The number of thioether (sulfide) groups is 1. The monoisotopic (exact) mass is 707 g/mol. The molecule has 1 unspecified atom stereocenters. The Balaban J connectivity index is 1.21. The molecule has 1 heterocycles. The van der Waals surface area contributed by atoms with E-state index in [4.69, 9.17) is 0 Å². The average Bonchev–Trinajstić information content (AvgIpc) is 3.38. The van der Waals surface area contributed by atoms with Crippen LogP contribution >= 0.6 is 11.8 Å². The van der Waals surface area contributed by atoms with Crippen LogP contribution in [0.3, 0.4) is 0 Å². The molecule has 0 aliphatic rings. The van der Waals surface area contributed by atoms with Gasteiger partial charge in [-0.1, -0.05) is 91.0 Å². The summed E-state index contributed by atoms with van der Waals surface area (Å²) in [5, 5.41) is 7.89. The Morgan fingerprint density at radius 1 is 0.712 bits per heavy atom. The average molecular weight is 708 g/mol. The lowest BCUT2D eigenvalue weighted by molar-refractivity contribution is -0.116. The first kappa shape index (κ1) is 35.4. The molecule has 0 spiro atoms. The van der Waals surface area contributed by atoms with Gasteiger partial charge >= 0.3 is 0 Å². The van der Waals surface area contributed by atoms with Crippen molar-refractivity contribution < 1.29 is 14.4 Å². The van der Waals surface area contributed by atoms with Crippen LogP contribution in [0, 0.1) is 13.8 Å². The lowest BCUT2D eigenvalue weighted by Crippen LogP contribution is -2.30. The molecule has 0 saturated carbocycles. The molecule has 0 aliphatic carbocycles. The number of amides is 3. The van der Waals surface area contributed by atoms with Crippen molar-refractivity contribution >= 4 is 46.9 Å². The highest BCUT2D eigenvalue weighted by Crippen LogP contribution is 2.37. The number of nitrogens with one attached hydrogen (secondary N) is 3. The van der Waals surface area contributed by atoms with Crippen LogP contribution in [0.4, 0.5) is 11.4 Å². The Morgan fingerprint density at radius 3 is 1.96 bits per heavy atom. The van der Waals surface area contributed by atoms with Crippen LogP contribution in [0.25, 0.3) is 11.8 Å². The number of para-hydroxylation sites is 1. The van der Waals surface area contributed by atoms with Gasteiger partial charge in [-0.05, 0) is 85.1 Å². The van der Waals surface area contributed by atoms with Crippen molar-refractivity contribution in [3.05, 3.63) is 184 Å². The topological polar surface area (TPSA) is 114 Å². The molecule has 6 aromatic rings. The van der Waals surface area contributed by atoms with Crippen molar-refractivity contribution in [2.45, 2.75) is 24.0 Å². The van der Waals surface area contributed by atoms with E-state index < -0.39 is 17.1 Å². The summed E-state index contributed by atoms with van der Waals surface area (Å²) in [4.78, 5) is 54.9. The van der Waals surface area contributed by atoms with E-state index in [2.05, 4.69) is 16.0 Å². The molecule has 0 bridgehead atoms. The summed E-state index contributed by atoms with van der Waals surface area (Å²) in [5.41, 5.74) is 4.72. The van der Waals surface area contributed by atoms with Gasteiger partial charge in [0.05, 0.1) is 11.4 Å². The van der Waals surface area contributed by atoms with Crippen LogP contribution in [0.2, 0.25) is 0 Å². The third-order valence-corrected chi connectivity index (χ3v) is 9.79. The molecule has 1 atom stereocenters. The van der Waals surface area contributed by atoms with E-state index in [0.717, 1.165) is 21.6 Å². The Labute approximate surface area is 306 Å². The summed E-state index contributed by atoms with van der Waals surface area (Å²) < 4.78 is 3.25. The predicted molar refractivity (Wildman–Crippen MR) is 208 cm³/mol. The molecular weight excluding hydrogens is 671 g/mol. The number of hydrogen-bond acceptors (Lipinski definition) is 5. The predicted octanol–water partition coefficient (Wildman–Crippen LogP) is 7.67. The molecule has 6 rings (SSSR count). The molecule has 3 amide bonds. The smallest absolute Gasteiger partial charge is 0.295 e. The number of aryl methyl sites for hydroxylation is 1. The first-order valence-corrected chi connectivity index (χ1v) is 17.5. The van der Waals surface area contributed by atoms with Crippen molar-refractivity contribution in [3.8, 4) is 5.69 Å². The lowest BCUT2D eigenvalue weighted by Gasteiger charge is -2.17. The minimum atomic E-state index is -0.692. The number of carbonyl (C=O) groups is 3. The van der Waals surface area contributed by atoms with E-state index in [0.29, 0.717) is 22.6 Å². The van der Waals surface area contributed by atoms with Gasteiger partial charge in [0.15, 0.2) is 0 Å². The Bertz CT molecular complexity index is 2300. The van der Waals surface area contributed by atoms with Crippen molar-refractivity contribution in [1.29, 1.82) is 0 Å². The summed E-state index contributed by atoms with van der Waals surface area (Å²) in [7, 11) is 1.78. The van der Waals surface area contributed by atoms with Gasteiger partial charge in [0.1, 0.15) is 16.6 Å². The molecule has 0 radical (unpaired) electrons. The van der Waals surface area contributed by atoms with Crippen molar-refractivity contribution in [3.63, 3.8) is 0 Å². The fourth-order valence-corrected chi connectivity index (χ4v) is 6.62. The minimum Gasteiger partial charge on any atom is -0.321 e. The molecule has 0 saturated heterocycles. The maximum atomic E-state index is 13.9. The fraction of sp³-hybridized carbons (Fsp3) is 0.0952. The van der Waals surface area contributed by atoms with Gasteiger partial charge in [-0.2, -0.15) is 0 Å². The van der Waals surface area contributed by atoms with Crippen LogP contribution < -0.4 is 21.5 Å². The van der Waals surface area contributed by atoms with E-state index >= 15 is 0 Å². The third-order valence-electron chi connectivity index (χ3n) is 8.53. The van der Waals surface area contributed by atoms with E-state index in [-0.39, 0.29) is 22.9 Å². The van der Waals surface area contributed by atoms with Crippen molar-refractivity contribution in [2.75, 3.05) is 10.6 Å². The zero-order valence-electron chi connectivity index (χ0n) is 28.9. The summed E-state index contributed by atoms with van der Waals surface area (Å²) >= 11 is 1.32. The summed E-state index contributed by atoms with van der Waals surface area (Å²) in [6, 6.07) is 42.0. The number of rotatable bonds is 11. The Kier molecular flexibility index (Phi) is 11.0. The van der Waals surface area contributed by atoms with Crippen LogP contribution in [-0.4, -0.2) is 27.1 Å². The number of nitrogens with zero attached hydrogens (tertiary/aromatic N) is 2. The number of carbonyl (C=O) groups excluding carboxylic acids is 3. The molecule has 5 aromatic carbocycles. The zero-order valence-corrected chi connectivity index (χ0v) is 29.7. The number of anilines is 2. The highest BCUT2D eigenvalue weighted by molar-refractivity contribution is 8.00. The van der Waals surface area contributed by atoms with Gasteiger partial charge in [-0.15, -0.1) is 11.8 Å². The van der Waals surface area contributed by atoms with Gasteiger partial charge in [-0.25, -0.2) is 4.68 Å². The third kappa shape index (κ3) is 8.14. The van der Waals surface area contributed by atoms with Crippen molar-refractivity contribution in [2.24, 2.45) is 7.05 Å². The SMILES string of the molecule is Cc1ccccc1/C=C(\NC(=O)c1ccccc1)C(=O)Nc1ccc(SC(C(=O)Nc2c(C)n(C)n(-c3ccccc3)c2=O)c2ccccc2)cc1. The van der Waals surface area contributed by atoms with Crippen LogP contribution in [0.5, 0.6) is 0 Å². The quantitative estimate of drug-likeness (QED) is 0.0945. The number of aromatic nitrogens is 2. The van der Waals surface area contributed by atoms with E-state index in [1.807, 2.05) is 110 Å². The highest BCUT2D eigenvalue weighted by atomic mass is 32.2. The Hall–Kier alpha value is -6.39. The maximum absolute atomic E-state index is 13.9. The zero-order chi connectivity index (χ0) is 36.6. The summed E-state index contributed by atoms with van der Waals surface area (Å²) in [6.07, 6.45) is 1.65. The molecule has 3 N–H and O–H groups in total. The van der Waals surface area contributed by atoms with Crippen LogP contribution in [0.15, 0.2) is 155 Å². The molecule has 9 nitrogen and oxygen atoms in total. The maximum Gasteiger partial charge on any atom is 0.295 e. The summed E-state index contributed by atoms with van der Waals surface area (Å²) in [5.74, 6) is -1.24. The first-order chi connectivity index (χ1) is 25.2. The molecule has 260 valence electrons. The first-order valence-electron chi connectivity index (χ1n) is 16.6. The van der Waals surface area contributed by atoms with Gasteiger partial charge in [0.25, 0.3) is 17.4 Å². The van der Waals surface area contributed by atoms with Gasteiger partial charge in [0, 0.05) is 23.2 Å². The van der Waals surface area contributed by atoms with Crippen molar-refractivity contribution in [1.82, 2.24) is 14.7 Å². The number of hydrogen-bond donors (Lipinski definition) is 3. The van der Waals surface area contributed by atoms with Gasteiger partial charge in [0.2, 0.25) is 5.91 Å². The molecule has 0 aliphatic heterocycles. The molecule has 52 heavy (non-hydrogen) atoms. The molecule has 10 heteroatoms. The molecule has 0 fully saturated rings. The standard InChI is InChI=1S/C42H37N5O4S/c1-28-15-13-14-20-32(28)27-36(44-39(48)31-18-9-5-10-19-31)40(49)43-33-23-25-35(26-24-33)52-38(30-16-7-4-8-17-30)41(50)45-37-29(2)46(3)47(42(37)51)34-21-11-6-12-22-34/h4-27,38H,1-3H3,(H,43,49)(H,44,48)(H,45,50)/b36-27-. The molecule has 1 aromatic heterocycles. The second kappa shape index (κ2) is 16.1. The summed E-state index contributed by atoms with van der Waals surface area (Å²) in [6.45, 7) is 3.73. The Morgan fingerprint density at radius 2 is 1.31 bits per heavy atom. The largest absolute Gasteiger partial charge is 0.321 e. The van der Waals surface area contributed by atoms with E-state index in [1.165, 1.54) is 16.4 Å². The van der Waals surface area contributed by atoms with Gasteiger partial charge < -0.3 is 16.0 Å². The lowest BCUT2D eigenvalue weighted by atomic mass is 10.1. The van der Waals surface area contributed by atoms with E-state index in [9.17, 15) is 19.2 Å². The van der Waals surface area contributed by atoms with Crippen LogP contribution in [0.1, 0.15) is 38.0 Å². The van der Waals surface area contributed by atoms with Gasteiger partial charge in [-0.3, -0.25) is 23.9 Å². The second-order valence-corrected chi connectivity index (χ2v) is 13.2. The van der Waals surface area contributed by atoms with E-state index in [1.54, 1.807) is 61.1 Å². The number of benzene rings is 5. The highest BCUT2D eigenvalue weighted by Gasteiger charge is 2.26. The normalized spacial score (nSPS) is 11.8. The minimum absolute atomic E-state index is 0.0879. The second-order valence-electron chi connectivity index (χ2n) is 12.0. The fourth-order valence-electron chi connectivity index (χ4n) is 5.60. The molecular formula is C42H37N5O4S.